The summed E-state index contributed by atoms with van der Waals surface area (Å²) in [4.78, 5) is 35.7. The summed E-state index contributed by atoms with van der Waals surface area (Å²) in [5.74, 6) is -0.577. The molecular weight excluding hydrogens is 446 g/mol. The Hall–Kier alpha value is -4.59. The van der Waals surface area contributed by atoms with Crippen LogP contribution in [0, 0.1) is 6.92 Å². The molecule has 2 aliphatic heterocycles. The number of aromatic amines is 1. The van der Waals surface area contributed by atoms with Gasteiger partial charge in [-0.25, -0.2) is 4.98 Å². The minimum Gasteiger partial charge on any atom is -0.507 e. The van der Waals surface area contributed by atoms with Crippen molar-refractivity contribution in [3.63, 3.8) is 0 Å². The number of ether oxygens (including phenoxy) is 2. The summed E-state index contributed by atoms with van der Waals surface area (Å²) in [5.41, 5.74) is 3.46. The fourth-order valence-corrected chi connectivity index (χ4v) is 4.57. The third-order valence-electron chi connectivity index (χ3n) is 6.23. The predicted octanol–water partition coefficient (Wildman–Crippen LogP) is 4.27. The number of hydrogen-bond acceptors (Lipinski definition) is 6. The molecule has 0 radical (unpaired) electrons. The molecule has 2 N–H and O–H groups in total. The molecule has 3 heterocycles. The Kier molecular flexibility index (Phi) is 4.81. The molecule has 35 heavy (non-hydrogen) atoms. The fraction of sp³-hybridized carbons (Fsp3) is 0.148. The van der Waals surface area contributed by atoms with Crippen LogP contribution in [0.5, 0.6) is 11.5 Å². The smallest absolute Gasteiger partial charge is 0.302 e. The molecular formula is C27H21N3O5. The molecule has 8 nitrogen and oxygen atoms in total. The molecule has 4 aromatic rings. The van der Waals surface area contributed by atoms with Gasteiger partial charge in [-0.05, 0) is 48.4 Å². The van der Waals surface area contributed by atoms with E-state index < -0.39 is 17.7 Å². The van der Waals surface area contributed by atoms with E-state index in [9.17, 15) is 14.7 Å². The molecule has 174 valence electrons. The monoisotopic (exact) mass is 467 g/mol. The molecule has 1 aromatic heterocycles. The van der Waals surface area contributed by atoms with E-state index in [2.05, 4.69) is 9.97 Å². The Morgan fingerprint density at radius 3 is 2.57 bits per heavy atom. The van der Waals surface area contributed by atoms with E-state index in [1.54, 1.807) is 18.2 Å². The molecule has 0 spiro atoms. The first-order valence-corrected chi connectivity index (χ1v) is 11.2. The molecule has 1 saturated heterocycles. The number of hydrogen-bond donors (Lipinski definition) is 2. The third-order valence-corrected chi connectivity index (χ3v) is 6.23. The summed E-state index contributed by atoms with van der Waals surface area (Å²) in [5, 5.41) is 11.3. The summed E-state index contributed by atoms with van der Waals surface area (Å²) in [6.07, 6.45) is 0. The van der Waals surface area contributed by atoms with Crippen molar-refractivity contribution >= 4 is 34.4 Å². The SMILES string of the molecule is Cc1ccc2nc(N3C(=O)C(=O)/C(=C(/O)c4ccc5c(c4)OCCO5)C3c3ccccc3)[nH]c2c1. The lowest BCUT2D eigenvalue weighted by molar-refractivity contribution is -0.132. The van der Waals surface area contributed by atoms with E-state index in [4.69, 9.17) is 9.47 Å². The van der Waals surface area contributed by atoms with Gasteiger partial charge in [0.05, 0.1) is 22.6 Å². The van der Waals surface area contributed by atoms with E-state index in [1.165, 1.54) is 4.90 Å². The van der Waals surface area contributed by atoms with Gasteiger partial charge < -0.3 is 19.6 Å². The lowest BCUT2D eigenvalue weighted by Gasteiger charge is -2.23. The number of aliphatic hydroxyl groups is 1. The molecule has 1 atom stereocenters. The number of amides is 1. The van der Waals surface area contributed by atoms with Gasteiger partial charge in [0.15, 0.2) is 11.5 Å². The first-order valence-electron chi connectivity index (χ1n) is 11.2. The normalized spacial score (nSPS) is 18.9. The number of benzene rings is 3. The molecule has 6 rings (SSSR count). The highest BCUT2D eigenvalue weighted by atomic mass is 16.6. The Morgan fingerprint density at radius 2 is 1.77 bits per heavy atom. The van der Waals surface area contributed by atoms with Crippen LogP contribution in [0.3, 0.4) is 0 Å². The van der Waals surface area contributed by atoms with Gasteiger partial charge in [0, 0.05) is 5.56 Å². The van der Waals surface area contributed by atoms with Crippen LogP contribution in [-0.2, 0) is 9.59 Å². The Labute approximate surface area is 200 Å². The number of anilines is 1. The first-order chi connectivity index (χ1) is 17.0. The highest BCUT2D eigenvalue weighted by Crippen LogP contribution is 2.42. The molecule has 2 aliphatic rings. The summed E-state index contributed by atoms with van der Waals surface area (Å²) in [6, 6.07) is 18.9. The van der Waals surface area contributed by atoms with Gasteiger partial charge in [-0.2, -0.15) is 0 Å². The maximum absolute atomic E-state index is 13.3. The molecule has 1 fully saturated rings. The van der Waals surface area contributed by atoms with Crippen LogP contribution in [0.15, 0.2) is 72.3 Å². The summed E-state index contributed by atoms with van der Waals surface area (Å²) < 4.78 is 11.2. The second-order valence-electron chi connectivity index (χ2n) is 8.52. The summed E-state index contributed by atoms with van der Waals surface area (Å²) in [7, 11) is 0. The number of carbonyl (C=O) groups is 2. The van der Waals surface area contributed by atoms with Crippen molar-refractivity contribution in [3.05, 3.63) is 89.0 Å². The van der Waals surface area contributed by atoms with Crippen LogP contribution in [0.2, 0.25) is 0 Å². The van der Waals surface area contributed by atoms with Crippen molar-refractivity contribution < 1.29 is 24.2 Å². The van der Waals surface area contributed by atoms with Gasteiger partial charge in [-0.15, -0.1) is 0 Å². The van der Waals surface area contributed by atoms with E-state index in [1.807, 2.05) is 55.5 Å². The number of ketones is 1. The van der Waals surface area contributed by atoms with E-state index >= 15 is 0 Å². The van der Waals surface area contributed by atoms with Crippen molar-refractivity contribution in [2.75, 3.05) is 18.1 Å². The third kappa shape index (κ3) is 3.42. The van der Waals surface area contributed by atoms with Crippen LogP contribution >= 0.6 is 0 Å². The summed E-state index contributed by atoms with van der Waals surface area (Å²) >= 11 is 0. The van der Waals surface area contributed by atoms with Gasteiger partial charge in [0.2, 0.25) is 5.95 Å². The number of fused-ring (bicyclic) bond motifs is 2. The lowest BCUT2D eigenvalue weighted by atomic mass is 9.95. The van der Waals surface area contributed by atoms with Crippen molar-refractivity contribution in [2.45, 2.75) is 13.0 Å². The van der Waals surface area contributed by atoms with E-state index in [0.717, 1.165) is 11.1 Å². The Bertz CT molecular complexity index is 1520. The zero-order valence-electron chi connectivity index (χ0n) is 18.8. The predicted molar refractivity (Wildman–Crippen MR) is 129 cm³/mol. The zero-order valence-corrected chi connectivity index (χ0v) is 18.8. The minimum absolute atomic E-state index is 0.0190. The second-order valence-corrected chi connectivity index (χ2v) is 8.52. The first kappa shape index (κ1) is 21.0. The number of rotatable bonds is 3. The van der Waals surface area contributed by atoms with Crippen LogP contribution < -0.4 is 14.4 Å². The average molecular weight is 467 g/mol. The largest absolute Gasteiger partial charge is 0.507 e. The Morgan fingerprint density at radius 1 is 1.00 bits per heavy atom. The standard InChI is InChI=1S/C27H21N3O5/c1-15-7-9-18-19(13-15)29-27(28-18)30-23(16-5-3-2-4-6-16)22(25(32)26(30)33)24(31)17-8-10-20-21(14-17)35-12-11-34-20/h2-10,13-14,23,31H,11-12H2,1H3,(H,28,29)/b24-22+. The summed E-state index contributed by atoms with van der Waals surface area (Å²) in [6.45, 7) is 2.79. The molecule has 3 aromatic carbocycles. The number of aliphatic hydroxyl groups excluding tert-OH is 1. The second kappa shape index (κ2) is 8.02. The quantitative estimate of drug-likeness (QED) is 0.265. The van der Waals surface area contributed by atoms with E-state index in [-0.39, 0.29) is 17.3 Å². The number of nitrogens with one attached hydrogen (secondary N) is 1. The molecule has 0 bridgehead atoms. The fourth-order valence-electron chi connectivity index (χ4n) is 4.57. The molecule has 1 amide bonds. The highest BCUT2D eigenvalue weighted by Gasteiger charge is 2.48. The molecule has 1 unspecified atom stereocenters. The van der Waals surface area contributed by atoms with Crippen LogP contribution in [-0.4, -0.2) is 40.0 Å². The maximum atomic E-state index is 13.3. The van der Waals surface area contributed by atoms with Crippen LogP contribution in [0.1, 0.15) is 22.7 Å². The number of imidazole rings is 1. The molecule has 0 aliphatic carbocycles. The zero-order chi connectivity index (χ0) is 24.1. The lowest BCUT2D eigenvalue weighted by Crippen LogP contribution is -2.30. The number of nitrogens with zero attached hydrogens (tertiary/aromatic N) is 2. The highest BCUT2D eigenvalue weighted by molar-refractivity contribution is 6.51. The van der Waals surface area contributed by atoms with Crippen LogP contribution in [0.25, 0.3) is 16.8 Å². The van der Waals surface area contributed by atoms with Crippen molar-refractivity contribution in [3.8, 4) is 11.5 Å². The van der Waals surface area contributed by atoms with Gasteiger partial charge in [-0.3, -0.25) is 14.5 Å². The van der Waals surface area contributed by atoms with Crippen molar-refractivity contribution in [1.29, 1.82) is 0 Å². The van der Waals surface area contributed by atoms with Crippen molar-refractivity contribution in [1.82, 2.24) is 9.97 Å². The van der Waals surface area contributed by atoms with E-state index in [0.29, 0.717) is 41.4 Å². The molecule has 0 saturated carbocycles. The van der Waals surface area contributed by atoms with Gasteiger partial charge in [0.25, 0.3) is 5.78 Å². The van der Waals surface area contributed by atoms with Gasteiger partial charge in [-0.1, -0.05) is 36.4 Å². The number of Topliss-reactive ketones (excluding diaryl/α,β-unsaturated/α-hetero) is 1. The minimum atomic E-state index is -0.869. The van der Waals surface area contributed by atoms with Gasteiger partial charge >= 0.3 is 5.91 Å². The number of aromatic nitrogens is 2. The number of H-pyrrole nitrogens is 1. The molecule has 8 heteroatoms. The maximum Gasteiger partial charge on any atom is 0.302 e. The van der Waals surface area contributed by atoms with Crippen molar-refractivity contribution in [2.24, 2.45) is 0 Å². The number of carbonyl (C=O) groups excluding carboxylic acids is 2. The van der Waals surface area contributed by atoms with Gasteiger partial charge in [0.1, 0.15) is 19.0 Å². The topological polar surface area (TPSA) is 105 Å². The van der Waals surface area contributed by atoms with Crippen LogP contribution in [0.4, 0.5) is 5.95 Å². The average Bonchev–Trinajstić information content (AvgIpc) is 3.41. The number of aryl methyl sites for hydroxylation is 1. The Balaban J connectivity index is 1.53.